The van der Waals surface area contributed by atoms with E-state index >= 15 is 0 Å². The third kappa shape index (κ3) is 2.59. The van der Waals surface area contributed by atoms with E-state index < -0.39 is 0 Å². The maximum Gasteiger partial charge on any atom is 0.140 e. The monoisotopic (exact) mass is 303 g/mol. The summed E-state index contributed by atoms with van der Waals surface area (Å²) in [5, 5.41) is 1.25. The van der Waals surface area contributed by atoms with Crippen LogP contribution >= 0.6 is 0 Å². The summed E-state index contributed by atoms with van der Waals surface area (Å²) in [7, 11) is 0. The summed E-state index contributed by atoms with van der Waals surface area (Å²) in [5.41, 5.74) is 4.99. The van der Waals surface area contributed by atoms with Gasteiger partial charge in [0.25, 0.3) is 0 Å². The average Bonchev–Trinajstić information content (AvgIpc) is 3.12. The van der Waals surface area contributed by atoms with E-state index in [1.165, 1.54) is 27.6 Å². The van der Waals surface area contributed by atoms with Crippen LogP contribution in [0.15, 0.2) is 54.7 Å². The van der Waals surface area contributed by atoms with E-state index in [9.17, 15) is 4.79 Å². The van der Waals surface area contributed by atoms with E-state index in [0.717, 1.165) is 25.8 Å². The second-order valence-electron chi connectivity index (χ2n) is 6.63. The fraction of sp³-hybridized carbons (Fsp3) is 0.286. The lowest BCUT2D eigenvalue weighted by atomic mass is 9.96. The summed E-state index contributed by atoms with van der Waals surface area (Å²) < 4.78 is 2.30. The molecule has 0 saturated heterocycles. The molecule has 1 fully saturated rings. The van der Waals surface area contributed by atoms with E-state index in [1.54, 1.807) is 0 Å². The normalized spacial score (nSPS) is 18.0. The number of aromatic nitrogens is 1. The first-order valence-corrected chi connectivity index (χ1v) is 8.38. The molecule has 2 nitrogen and oxygen atoms in total. The summed E-state index contributed by atoms with van der Waals surface area (Å²) in [6.45, 7) is 2.97. The maximum absolute atomic E-state index is 12.3. The van der Waals surface area contributed by atoms with Crippen molar-refractivity contribution in [3.05, 3.63) is 71.4 Å². The molecule has 0 amide bonds. The van der Waals surface area contributed by atoms with Crippen LogP contribution in [-0.2, 0) is 11.3 Å². The first-order valence-electron chi connectivity index (χ1n) is 8.38. The van der Waals surface area contributed by atoms with Gasteiger partial charge in [-0.05, 0) is 43.0 Å². The number of ketones is 1. The average molecular weight is 303 g/mol. The Labute approximate surface area is 136 Å². The topological polar surface area (TPSA) is 22.0 Å². The van der Waals surface area contributed by atoms with Gasteiger partial charge in [-0.1, -0.05) is 42.0 Å². The van der Waals surface area contributed by atoms with Crippen molar-refractivity contribution in [2.45, 2.75) is 38.6 Å². The molecule has 116 valence electrons. The number of nitrogens with zero attached hydrogens (tertiary/aromatic N) is 1. The summed E-state index contributed by atoms with van der Waals surface area (Å²) in [6, 6.07) is 17.1. The minimum Gasteiger partial charge on any atom is -0.343 e. The lowest BCUT2D eigenvalue weighted by molar-refractivity contribution is -0.118. The molecule has 2 aromatic carbocycles. The van der Waals surface area contributed by atoms with Crippen molar-refractivity contribution in [3.63, 3.8) is 0 Å². The highest BCUT2D eigenvalue weighted by molar-refractivity contribution is 5.94. The van der Waals surface area contributed by atoms with Crippen LogP contribution in [-0.4, -0.2) is 10.4 Å². The van der Waals surface area contributed by atoms with Crippen molar-refractivity contribution in [1.29, 1.82) is 0 Å². The predicted octanol–water partition coefficient (Wildman–Crippen LogP) is 4.83. The van der Waals surface area contributed by atoms with Gasteiger partial charge in [-0.2, -0.15) is 0 Å². The molecular weight excluding hydrogens is 282 g/mol. The van der Waals surface area contributed by atoms with Crippen LogP contribution in [0, 0.1) is 6.92 Å². The minimum absolute atomic E-state index is 0.0938. The molecule has 2 heteroatoms. The lowest BCUT2D eigenvalue weighted by Gasteiger charge is -2.06. The first-order chi connectivity index (χ1) is 11.2. The van der Waals surface area contributed by atoms with Gasteiger partial charge in [0, 0.05) is 36.0 Å². The highest BCUT2D eigenvalue weighted by Gasteiger charge is 2.28. The smallest absolute Gasteiger partial charge is 0.140 e. The standard InChI is InChI=1S/C21H21NO/c1-15-10-11-20-18(12-15)19(17-8-5-9-21(17)23)14-22(20)13-16-6-3-2-4-7-16/h2-4,6-7,10-12,14,17H,5,8-9,13H2,1H3/t17-/m0/s1. The number of hydrogen-bond acceptors (Lipinski definition) is 1. The fourth-order valence-electron chi connectivity index (χ4n) is 3.77. The van der Waals surface area contributed by atoms with E-state index in [1.807, 2.05) is 6.07 Å². The van der Waals surface area contributed by atoms with Gasteiger partial charge in [0.05, 0.1) is 0 Å². The molecule has 1 saturated carbocycles. The van der Waals surface area contributed by atoms with Gasteiger partial charge in [0.1, 0.15) is 5.78 Å². The van der Waals surface area contributed by atoms with Crippen LogP contribution in [0.25, 0.3) is 10.9 Å². The molecule has 0 bridgehead atoms. The largest absolute Gasteiger partial charge is 0.343 e. The molecule has 23 heavy (non-hydrogen) atoms. The Balaban J connectivity index is 1.83. The Bertz CT molecular complexity index is 860. The Kier molecular flexibility index (Phi) is 3.53. The van der Waals surface area contributed by atoms with Crippen LogP contribution in [0.4, 0.5) is 0 Å². The quantitative estimate of drug-likeness (QED) is 0.679. The zero-order chi connectivity index (χ0) is 15.8. The summed E-state index contributed by atoms with van der Waals surface area (Å²) in [4.78, 5) is 12.3. The Morgan fingerprint density at radius 2 is 1.96 bits per heavy atom. The number of aryl methyl sites for hydroxylation is 1. The number of Topliss-reactive ketones (excluding diaryl/α,β-unsaturated/α-hetero) is 1. The molecule has 1 aliphatic rings. The van der Waals surface area contributed by atoms with Crippen LogP contribution < -0.4 is 0 Å². The zero-order valence-corrected chi connectivity index (χ0v) is 13.5. The van der Waals surface area contributed by atoms with Gasteiger partial charge >= 0.3 is 0 Å². The molecule has 4 rings (SSSR count). The van der Waals surface area contributed by atoms with Crippen molar-refractivity contribution >= 4 is 16.7 Å². The Morgan fingerprint density at radius 1 is 1.13 bits per heavy atom. The molecule has 0 radical (unpaired) electrons. The second-order valence-corrected chi connectivity index (χ2v) is 6.63. The first kappa shape index (κ1) is 14.3. The number of hydrogen-bond donors (Lipinski definition) is 0. The van der Waals surface area contributed by atoms with Gasteiger partial charge in [-0.25, -0.2) is 0 Å². The molecule has 1 atom stereocenters. The molecule has 0 N–H and O–H groups in total. The van der Waals surface area contributed by atoms with Crippen LogP contribution in [0.2, 0.25) is 0 Å². The third-order valence-corrected chi connectivity index (χ3v) is 4.94. The molecule has 0 aliphatic heterocycles. The summed E-state index contributed by atoms with van der Waals surface area (Å²) >= 11 is 0. The van der Waals surface area contributed by atoms with E-state index in [2.05, 4.69) is 60.2 Å². The SMILES string of the molecule is Cc1ccc2c(c1)c([C@@H]1CCCC1=O)cn2Cc1ccccc1. The van der Waals surface area contributed by atoms with Crippen molar-refractivity contribution in [2.24, 2.45) is 0 Å². The summed E-state index contributed by atoms with van der Waals surface area (Å²) in [6.07, 6.45) is 4.98. The highest BCUT2D eigenvalue weighted by Crippen LogP contribution is 2.37. The maximum atomic E-state index is 12.3. The molecule has 1 aromatic heterocycles. The van der Waals surface area contributed by atoms with Gasteiger partial charge in [-0.3, -0.25) is 4.79 Å². The molecule has 3 aromatic rings. The van der Waals surface area contributed by atoms with Crippen molar-refractivity contribution in [2.75, 3.05) is 0 Å². The van der Waals surface area contributed by atoms with Gasteiger partial charge in [0.15, 0.2) is 0 Å². The minimum atomic E-state index is 0.0938. The van der Waals surface area contributed by atoms with Crippen molar-refractivity contribution in [3.8, 4) is 0 Å². The lowest BCUT2D eigenvalue weighted by Crippen LogP contribution is -2.03. The predicted molar refractivity (Wildman–Crippen MR) is 93.8 cm³/mol. The van der Waals surface area contributed by atoms with Crippen molar-refractivity contribution in [1.82, 2.24) is 4.57 Å². The van der Waals surface area contributed by atoms with Gasteiger partial charge in [0.2, 0.25) is 0 Å². The van der Waals surface area contributed by atoms with Gasteiger partial charge in [-0.15, -0.1) is 0 Å². The van der Waals surface area contributed by atoms with Crippen molar-refractivity contribution < 1.29 is 4.79 Å². The van der Waals surface area contributed by atoms with Gasteiger partial charge < -0.3 is 4.57 Å². The van der Waals surface area contributed by atoms with Crippen LogP contribution in [0.1, 0.15) is 41.9 Å². The molecule has 1 aliphatic carbocycles. The fourth-order valence-corrected chi connectivity index (χ4v) is 3.77. The molecule has 1 heterocycles. The van der Waals surface area contributed by atoms with E-state index in [-0.39, 0.29) is 5.92 Å². The molecular formula is C21H21NO. The number of carbonyl (C=O) groups excluding carboxylic acids is 1. The number of carbonyl (C=O) groups is 1. The number of rotatable bonds is 3. The van der Waals surface area contributed by atoms with Crippen LogP contribution in [0.3, 0.4) is 0 Å². The zero-order valence-electron chi connectivity index (χ0n) is 13.5. The number of benzene rings is 2. The Morgan fingerprint density at radius 3 is 2.70 bits per heavy atom. The molecule has 0 unspecified atom stereocenters. The Hall–Kier alpha value is -2.35. The number of fused-ring (bicyclic) bond motifs is 1. The van der Waals surface area contributed by atoms with E-state index in [4.69, 9.17) is 0 Å². The van der Waals surface area contributed by atoms with Crippen LogP contribution in [0.5, 0.6) is 0 Å². The highest BCUT2D eigenvalue weighted by atomic mass is 16.1. The molecule has 0 spiro atoms. The third-order valence-electron chi connectivity index (χ3n) is 4.94. The second kappa shape index (κ2) is 5.69. The summed E-state index contributed by atoms with van der Waals surface area (Å²) in [5.74, 6) is 0.501. The van der Waals surface area contributed by atoms with E-state index in [0.29, 0.717) is 5.78 Å².